The molecule has 2 rings (SSSR count). The van der Waals surface area contributed by atoms with Crippen LogP contribution in [0.25, 0.3) is 0 Å². The number of hydrogen-bond donors (Lipinski definition) is 1. The van der Waals surface area contributed by atoms with E-state index in [1.54, 1.807) is 0 Å². The summed E-state index contributed by atoms with van der Waals surface area (Å²) >= 11 is 1.46. The predicted molar refractivity (Wildman–Crippen MR) is 74.7 cm³/mol. The molecule has 1 aromatic carbocycles. The second-order valence-corrected chi connectivity index (χ2v) is 5.00. The van der Waals surface area contributed by atoms with Crippen LogP contribution < -0.4 is 5.32 Å². The van der Waals surface area contributed by atoms with Crippen molar-refractivity contribution in [3.05, 3.63) is 53.4 Å². The van der Waals surface area contributed by atoms with Gasteiger partial charge in [0.25, 0.3) is 0 Å². The Labute approximate surface area is 111 Å². The van der Waals surface area contributed by atoms with Gasteiger partial charge in [0, 0.05) is 12.3 Å². The van der Waals surface area contributed by atoms with Crippen molar-refractivity contribution < 1.29 is 4.79 Å². The molecule has 1 heterocycles. The average molecular weight is 259 g/mol. The Kier molecular flexibility index (Phi) is 4.10. The van der Waals surface area contributed by atoms with Crippen molar-refractivity contribution in [2.24, 2.45) is 0 Å². The molecule has 0 fully saturated rings. The van der Waals surface area contributed by atoms with E-state index in [4.69, 9.17) is 0 Å². The Morgan fingerprint density at radius 1 is 1.44 bits per heavy atom. The molecular formula is C14H15N2OS. The summed E-state index contributed by atoms with van der Waals surface area (Å²) < 4.78 is 0. The monoisotopic (exact) mass is 259 g/mol. The zero-order valence-electron chi connectivity index (χ0n) is 10.3. The van der Waals surface area contributed by atoms with E-state index in [9.17, 15) is 4.79 Å². The number of carbonyl (C=O) groups excluding carboxylic acids is 1. The molecule has 4 heteroatoms. The van der Waals surface area contributed by atoms with E-state index in [0.717, 1.165) is 24.1 Å². The predicted octanol–water partition coefficient (Wildman–Crippen LogP) is 3.07. The van der Waals surface area contributed by atoms with Gasteiger partial charge in [-0.25, -0.2) is 4.98 Å². The van der Waals surface area contributed by atoms with E-state index >= 15 is 0 Å². The molecule has 1 N–H and O–H groups in total. The normalized spacial score (nSPS) is 10.3. The van der Waals surface area contributed by atoms with Crippen LogP contribution in [0, 0.1) is 6.92 Å². The van der Waals surface area contributed by atoms with Gasteiger partial charge in [-0.2, -0.15) is 0 Å². The van der Waals surface area contributed by atoms with E-state index in [2.05, 4.69) is 29.4 Å². The number of anilines is 1. The maximum atomic E-state index is 10.9. The third kappa shape index (κ3) is 3.67. The fourth-order valence-electron chi connectivity index (χ4n) is 1.69. The lowest BCUT2D eigenvalue weighted by Gasteiger charge is -2.00. The first kappa shape index (κ1) is 12.8. The van der Waals surface area contributed by atoms with E-state index in [0.29, 0.717) is 5.13 Å². The Morgan fingerprint density at radius 2 is 2.28 bits per heavy atom. The Bertz CT molecular complexity index is 548. The van der Waals surface area contributed by atoms with Crippen LogP contribution in [0.15, 0.2) is 29.6 Å². The molecule has 0 atom stereocenters. The minimum Gasteiger partial charge on any atom is -0.302 e. The summed E-state index contributed by atoms with van der Waals surface area (Å²) in [5.41, 5.74) is 3.31. The van der Waals surface area contributed by atoms with Gasteiger partial charge in [-0.1, -0.05) is 24.3 Å². The smallest absolute Gasteiger partial charge is 0.223 e. The zero-order chi connectivity index (χ0) is 13.0. The molecule has 93 valence electrons. The zero-order valence-corrected chi connectivity index (χ0v) is 11.1. The van der Waals surface area contributed by atoms with Crippen LogP contribution in [-0.4, -0.2) is 10.9 Å². The SMILES string of the molecule is [CH2]c1cccc(CCc2csc(NC(C)=O)n2)c1. The second-order valence-electron chi connectivity index (χ2n) is 4.15. The van der Waals surface area contributed by atoms with Crippen molar-refractivity contribution in [1.29, 1.82) is 0 Å². The van der Waals surface area contributed by atoms with Gasteiger partial charge in [0.15, 0.2) is 5.13 Å². The summed E-state index contributed by atoms with van der Waals surface area (Å²) in [5.74, 6) is -0.0827. The molecule has 1 aromatic heterocycles. The molecule has 0 aliphatic rings. The van der Waals surface area contributed by atoms with E-state index in [1.165, 1.54) is 23.8 Å². The Balaban J connectivity index is 1.94. The molecule has 1 radical (unpaired) electrons. The number of aryl methyl sites for hydroxylation is 2. The molecule has 2 aromatic rings. The molecule has 0 aliphatic heterocycles. The third-order valence-electron chi connectivity index (χ3n) is 2.50. The molecule has 1 amide bonds. The van der Waals surface area contributed by atoms with Gasteiger partial charge in [-0.05, 0) is 30.9 Å². The summed E-state index contributed by atoms with van der Waals surface area (Å²) in [7, 11) is 0. The lowest BCUT2D eigenvalue weighted by atomic mass is 10.1. The van der Waals surface area contributed by atoms with Crippen molar-refractivity contribution in [1.82, 2.24) is 4.98 Å². The highest BCUT2D eigenvalue weighted by Gasteiger charge is 2.03. The molecular weight excluding hydrogens is 244 g/mol. The first-order valence-corrected chi connectivity index (χ1v) is 6.64. The van der Waals surface area contributed by atoms with Gasteiger partial charge in [0.2, 0.25) is 5.91 Å². The molecule has 0 aliphatic carbocycles. The van der Waals surface area contributed by atoms with Crippen LogP contribution in [0.1, 0.15) is 23.7 Å². The first-order valence-electron chi connectivity index (χ1n) is 5.76. The number of nitrogens with zero attached hydrogens (tertiary/aromatic N) is 1. The number of rotatable bonds is 4. The van der Waals surface area contributed by atoms with Crippen molar-refractivity contribution in [2.45, 2.75) is 19.8 Å². The third-order valence-corrected chi connectivity index (χ3v) is 3.30. The lowest BCUT2D eigenvalue weighted by Crippen LogP contribution is -2.05. The molecule has 18 heavy (non-hydrogen) atoms. The Morgan fingerprint density at radius 3 is 3.00 bits per heavy atom. The van der Waals surface area contributed by atoms with Crippen molar-refractivity contribution in [3.63, 3.8) is 0 Å². The first-order chi connectivity index (χ1) is 8.63. The molecule has 0 saturated carbocycles. The average Bonchev–Trinajstić information content (AvgIpc) is 2.73. The van der Waals surface area contributed by atoms with Crippen molar-refractivity contribution in [2.75, 3.05) is 5.32 Å². The number of amides is 1. The fraction of sp³-hybridized carbons (Fsp3) is 0.214. The number of nitrogens with one attached hydrogen (secondary N) is 1. The minimum atomic E-state index is -0.0827. The number of benzene rings is 1. The topological polar surface area (TPSA) is 42.0 Å². The Hall–Kier alpha value is -1.68. The van der Waals surface area contributed by atoms with Crippen LogP contribution in [-0.2, 0) is 17.6 Å². The van der Waals surface area contributed by atoms with Gasteiger partial charge in [-0.3, -0.25) is 4.79 Å². The number of aromatic nitrogens is 1. The van der Waals surface area contributed by atoms with E-state index in [1.807, 2.05) is 17.5 Å². The van der Waals surface area contributed by atoms with Crippen LogP contribution in [0.4, 0.5) is 5.13 Å². The van der Waals surface area contributed by atoms with E-state index < -0.39 is 0 Å². The lowest BCUT2D eigenvalue weighted by molar-refractivity contribution is -0.114. The quantitative estimate of drug-likeness (QED) is 0.917. The van der Waals surface area contributed by atoms with Gasteiger partial charge in [-0.15, -0.1) is 11.3 Å². The van der Waals surface area contributed by atoms with Gasteiger partial charge >= 0.3 is 0 Å². The fourth-order valence-corrected chi connectivity index (χ4v) is 2.48. The highest BCUT2D eigenvalue weighted by Crippen LogP contribution is 2.17. The van der Waals surface area contributed by atoms with Crippen LogP contribution in [0.3, 0.4) is 0 Å². The molecule has 0 spiro atoms. The number of thiazole rings is 1. The summed E-state index contributed by atoms with van der Waals surface area (Å²) in [6.45, 7) is 5.40. The van der Waals surface area contributed by atoms with E-state index in [-0.39, 0.29) is 5.91 Å². The molecule has 0 bridgehead atoms. The van der Waals surface area contributed by atoms with Crippen LogP contribution >= 0.6 is 11.3 Å². The minimum absolute atomic E-state index is 0.0827. The summed E-state index contributed by atoms with van der Waals surface area (Å²) in [5, 5.41) is 5.35. The maximum absolute atomic E-state index is 10.9. The summed E-state index contributed by atoms with van der Waals surface area (Å²) in [6.07, 6.45) is 1.81. The number of carbonyl (C=O) groups is 1. The number of hydrogen-bond acceptors (Lipinski definition) is 3. The van der Waals surface area contributed by atoms with Gasteiger partial charge in [0.05, 0.1) is 5.69 Å². The van der Waals surface area contributed by atoms with Crippen LogP contribution in [0.5, 0.6) is 0 Å². The van der Waals surface area contributed by atoms with Gasteiger partial charge < -0.3 is 5.32 Å². The van der Waals surface area contributed by atoms with Gasteiger partial charge in [0.1, 0.15) is 0 Å². The standard InChI is InChI=1S/C14H15N2OS/c1-10-4-3-5-12(8-10)6-7-13-9-18-14(16-13)15-11(2)17/h3-5,8-9H,1,6-7H2,2H3,(H,15,16,17). The van der Waals surface area contributed by atoms with Crippen LogP contribution in [0.2, 0.25) is 0 Å². The molecule has 3 nitrogen and oxygen atoms in total. The highest BCUT2D eigenvalue weighted by atomic mass is 32.1. The van der Waals surface area contributed by atoms with Crippen molar-refractivity contribution in [3.8, 4) is 0 Å². The summed E-state index contributed by atoms with van der Waals surface area (Å²) in [6, 6.07) is 8.18. The largest absolute Gasteiger partial charge is 0.302 e. The second kappa shape index (κ2) is 5.78. The highest BCUT2D eigenvalue weighted by molar-refractivity contribution is 7.13. The summed E-state index contributed by atoms with van der Waals surface area (Å²) in [4.78, 5) is 15.2. The molecule has 0 unspecified atom stereocenters. The maximum Gasteiger partial charge on any atom is 0.223 e. The van der Waals surface area contributed by atoms with Crippen molar-refractivity contribution >= 4 is 22.4 Å². The molecule has 0 saturated heterocycles.